The van der Waals surface area contributed by atoms with Crippen molar-refractivity contribution in [3.8, 4) is 0 Å². The molecule has 0 fully saturated rings. The van der Waals surface area contributed by atoms with Crippen LogP contribution in [-0.2, 0) is 31.2 Å². The third-order valence-electron chi connectivity index (χ3n) is 2.80. The van der Waals surface area contributed by atoms with Crippen LogP contribution < -0.4 is 0 Å². The van der Waals surface area contributed by atoms with E-state index < -0.39 is 5.97 Å². The molecule has 0 saturated heterocycles. The number of hydrogen-bond donors (Lipinski definition) is 1. The van der Waals surface area contributed by atoms with Gasteiger partial charge in [-0.2, -0.15) is 5.10 Å². The van der Waals surface area contributed by atoms with Gasteiger partial charge >= 0.3 is 5.97 Å². The minimum absolute atomic E-state index is 0.0217. The average molecular weight is 310 g/mol. The second kappa shape index (κ2) is 7.21. The van der Waals surface area contributed by atoms with Crippen molar-refractivity contribution in [2.24, 2.45) is 7.05 Å². The summed E-state index contributed by atoms with van der Waals surface area (Å²) >= 11 is 1.19. The van der Waals surface area contributed by atoms with Crippen molar-refractivity contribution in [3.63, 3.8) is 0 Å². The van der Waals surface area contributed by atoms with Crippen molar-refractivity contribution in [1.82, 2.24) is 29.5 Å². The first kappa shape index (κ1) is 15.5. The van der Waals surface area contributed by atoms with E-state index in [-0.39, 0.29) is 5.75 Å². The van der Waals surface area contributed by atoms with Gasteiger partial charge < -0.3 is 9.67 Å². The zero-order valence-electron chi connectivity index (χ0n) is 12.1. The summed E-state index contributed by atoms with van der Waals surface area (Å²) in [5.74, 6) is 0.744. The zero-order valence-corrected chi connectivity index (χ0v) is 12.9. The van der Waals surface area contributed by atoms with Crippen LogP contribution in [-0.4, -0.2) is 46.4 Å². The summed E-state index contributed by atoms with van der Waals surface area (Å²) in [6, 6.07) is 0. The maximum absolute atomic E-state index is 10.7. The van der Waals surface area contributed by atoms with E-state index in [0.29, 0.717) is 18.1 Å². The van der Waals surface area contributed by atoms with Crippen LogP contribution in [0.25, 0.3) is 0 Å². The molecule has 0 radical (unpaired) electrons. The van der Waals surface area contributed by atoms with Crippen molar-refractivity contribution >= 4 is 17.7 Å². The number of thioether (sulfide) groups is 1. The monoisotopic (exact) mass is 310 g/mol. The summed E-state index contributed by atoms with van der Waals surface area (Å²) in [4.78, 5) is 14.9. The Morgan fingerprint density at radius 1 is 1.38 bits per heavy atom. The molecule has 0 spiro atoms. The zero-order chi connectivity index (χ0) is 15.2. The first-order valence-electron chi connectivity index (χ1n) is 6.71. The SMILES string of the molecule is CCCc1nnc(SCC(=O)O)n1CCc1ncn(C)n1. The lowest BCUT2D eigenvalue weighted by atomic mass is 10.3. The summed E-state index contributed by atoms with van der Waals surface area (Å²) in [5, 5.41) is 21.9. The number of carboxylic acids is 1. The van der Waals surface area contributed by atoms with E-state index in [9.17, 15) is 4.79 Å². The fourth-order valence-electron chi connectivity index (χ4n) is 1.90. The molecule has 0 bridgehead atoms. The molecule has 8 nitrogen and oxygen atoms in total. The molecule has 0 aliphatic carbocycles. The Labute approximate surface area is 126 Å². The van der Waals surface area contributed by atoms with Gasteiger partial charge in [0, 0.05) is 26.4 Å². The van der Waals surface area contributed by atoms with Crippen molar-refractivity contribution in [2.75, 3.05) is 5.75 Å². The molecule has 2 aromatic heterocycles. The van der Waals surface area contributed by atoms with Crippen LogP contribution in [0.2, 0.25) is 0 Å². The standard InChI is InChI=1S/C12H18N6O2S/c1-3-4-10-14-15-12(21-7-11(19)20)18(10)6-5-9-13-8-17(2)16-9/h8H,3-7H2,1-2H3,(H,19,20). The largest absolute Gasteiger partial charge is 0.481 e. The van der Waals surface area contributed by atoms with Crippen LogP contribution in [0.3, 0.4) is 0 Å². The van der Waals surface area contributed by atoms with Gasteiger partial charge in [0.05, 0.1) is 5.75 Å². The smallest absolute Gasteiger partial charge is 0.313 e. The molecule has 0 saturated carbocycles. The molecule has 21 heavy (non-hydrogen) atoms. The summed E-state index contributed by atoms with van der Waals surface area (Å²) in [5.41, 5.74) is 0. The summed E-state index contributed by atoms with van der Waals surface area (Å²) in [6.45, 7) is 2.72. The molecule has 1 N–H and O–H groups in total. The van der Waals surface area contributed by atoms with Crippen LogP contribution in [0.1, 0.15) is 25.0 Å². The fraction of sp³-hybridized carbons (Fsp3) is 0.583. The van der Waals surface area contributed by atoms with Crippen molar-refractivity contribution < 1.29 is 9.90 Å². The van der Waals surface area contributed by atoms with Gasteiger partial charge in [0.15, 0.2) is 11.0 Å². The Balaban J connectivity index is 2.09. The van der Waals surface area contributed by atoms with E-state index in [4.69, 9.17) is 5.11 Å². The van der Waals surface area contributed by atoms with Gasteiger partial charge in [-0.1, -0.05) is 18.7 Å². The van der Waals surface area contributed by atoms with E-state index in [2.05, 4.69) is 27.2 Å². The van der Waals surface area contributed by atoms with Crippen LogP contribution in [0.5, 0.6) is 0 Å². The first-order valence-corrected chi connectivity index (χ1v) is 7.70. The molecule has 0 aliphatic heterocycles. The predicted molar refractivity (Wildman–Crippen MR) is 77.1 cm³/mol. The van der Waals surface area contributed by atoms with Crippen LogP contribution >= 0.6 is 11.8 Å². The lowest BCUT2D eigenvalue weighted by Gasteiger charge is -2.07. The Morgan fingerprint density at radius 2 is 2.19 bits per heavy atom. The normalized spacial score (nSPS) is 11.0. The Bertz CT molecular complexity index is 609. The second-order valence-corrected chi connectivity index (χ2v) is 5.51. The molecule has 0 aliphatic rings. The molecule has 0 atom stereocenters. The Kier molecular flexibility index (Phi) is 5.32. The molecule has 0 amide bonds. The van der Waals surface area contributed by atoms with Gasteiger partial charge in [0.1, 0.15) is 12.2 Å². The number of aromatic nitrogens is 6. The Hall–Kier alpha value is -1.90. The minimum atomic E-state index is -0.863. The van der Waals surface area contributed by atoms with Crippen LogP contribution in [0, 0.1) is 0 Å². The molecular formula is C12H18N6O2S. The number of nitrogens with zero attached hydrogens (tertiary/aromatic N) is 6. The van der Waals surface area contributed by atoms with E-state index in [1.165, 1.54) is 11.8 Å². The maximum atomic E-state index is 10.7. The maximum Gasteiger partial charge on any atom is 0.313 e. The highest BCUT2D eigenvalue weighted by Gasteiger charge is 2.14. The number of rotatable bonds is 8. The molecule has 0 unspecified atom stereocenters. The fourth-order valence-corrected chi connectivity index (χ4v) is 2.60. The quantitative estimate of drug-likeness (QED) is 0.719. The number of hydrogen-bond acceptors (Lipinski definition) is 6. The van der Waals surface area contributed by atoms with Gasteiger partial charge in [0.25, 0.3) is 0 Å². The molecule has 0 aromatic carbocycles. The van der Waals surface area contributed by atoms with Crippen molar-refractivity contribution in [2.45, 2.75) is 37.9 Å². The third-order valence-corrected chi connectivity index (χ3v) is 3.75. The van der Waals surface area contributed by atoms with Gasteiger partial charge in [-0.25, -0.2) is 4.98 Å². The predicted octanol–water partition coefficient (Wildman–Crippen LogP) is 0.778. The Morgan fingerprint density at radius 3 is 2.81 bits per heavy atom. The third kappa shape index (κ3) is 4.28. The molecule has 2 heterocycles. The molecular weight excluding hydrogens is 292 g/mol. The van der Waals surface area contributed by atoms with E-state index in [0.717, 1.165) is 24.5 Å². The lowest BCUT2D eigenvalue weighted by Crippen LogP contribution is -2.10. The average Bonchev–Trinajstić information content (AvgIpc) is 3.01. The second-order valence-electron chi connectivity index (χ2n) is 4.57. The summed E-state index contributed by atoms with van der Waals surface area (Å²) < 4.78 is 3.63. The van der Waals surface area contributed by atoms with Crippen molar-refractivity contribution in [3.05, 3.63) is 18.0 Å². The highest BCUT2D eigenvalue weighted by molar-refractivity contribution is 7.99. The molecule has 9 heteroatoms. The van der Waals surface area contributed by atoms with Crippen LogP contribution in [0.15, 0.2) is 11.5 Å². The van der Waals surface area contributed by atoms with Crippen molar-refractivity contribution in [1.29, 1.82) is 0 Å². The minimum Gasteiger partial charge on any atom is -0.481 e. The highest BCUT2D eigenvalue weighted by atomic mass is 32.2. The number of aliphatic carboxylic acids is 1. The highest BCUT2D eigenvalue weighted by Crippen LogP contribution is 2.18. The van der Waals surface area contributed by atoms with Crippen LogP contribution in [0.4, 0.5) is 0 Å². The van der Waals surface area contributed by atoms with E-state index >= 15 is 0 Å². The topological polar surface area (TPSA) is 98.7 Å². The summed E-state index contributed by atoms with van der Waals surface area (Å²) in [7, 11) is 1.83. The number of carbonyl (C=O) groups is 1. The number of aryl methyl sites for hydroxylation is 3. The van der Waals surface area contributed by atoms with Gasteiger partial charge in [0.2, 0.25) is 0 Å². The lowest BCUT2D eigenvalue weighted by molar-refractivity contribution is -0.133. The van der Waals surface area contributed by atoms with E-state index in [1.807, 2.05) is 11.6 Å². The molecule has 2 rings (SSSR count). The van der Waals surface area contributed by atoms with E-state index in [1.54, 1.807) is 11.0 Å². The first-order chi connectivity index (χ1) is 10.1. The summed E-state index contributed by atoms with van der Waals surface area (Å²) in [6.07, 6.45) is 4.10. The molecule has 114 valence electrons. The van der Waals surface area contributed by atoms with Gasteiger partial charge in [-0.15, -0.1) is 10.2 Å². The van der Waals surface area contributed by atoms with Gasteiger partial charge in [-0.3, -0.25) is 9.48 Å². The van der Waals surface area contributed by atoms with Gasteiger partial charge in [-0.05, 0) is 6.42 Å². The molecule has 2 aromatic rings. The number of carboxylic acid groups (broad SMARTS) is 1.